The molecule has 1 heterocycles. The minimum atomic E-state index is 0.254. The lowest BCUT2D eigenvalue weighted by Crippen LogP contribution is -2.20. The molecule has 0 amide bonds. The van der Waals surface area contributed by atoms with Gasteiger partial charge in [-0.15, -0.1) is 0 Å². The van der Waals surface area contributed by atoms with Crippen LogP contribution < -0.4 is 0 Å². The van der Waals surface area contributed by atoms with E-state index in [0.717, 1.165) is 5.92 Å². The predicted molar refractivity (Wildman–Crippen MR) is 61.3 cm³/mol. The molecule has 14 heavy (non-hydrogen) atoms. The first-order chi connectivity index (χ1) is 6.56. The van der Waals surface area contributed by atoms with Crippen molar-refractivity contribution in [2.75, 3.05) is 0 Å². The maximum atomic E-state index is 4.18. The van der Waals surface area contributed by atoms with E-state index in [9.17, 15) is 0 Å². The molecule has 0 aliphatic rings. The predicted octanol–water partition coefficient (Wildman–Crippen LogP) is 3.80. The molecular weight excluding hydrogens is 170 g/mol. The summed E-state index contributed by atoms with van der Waals surface area (Å²) < 4.78 is 0. The lowest BCUT2D eigenvalue weighted by Gasteiger charge is -2.27. The van der Waals surface area contributed by atoms with Crippen molar-refractivity contribution < 1.29 is 0 Å². The molecule has 1 unspecified atom stereocenters. The smallest absolute Gasteiger partial charge is 0.0305 e. The maximum absolute atomic E-state index is 4.18. The summed E-state index contributed by atoms with van der Waals surface area (Å²) in [4.78, 5) is 4.18. The van der Waals surface area contributed by atoms with Gasteiger partial charge in [-0.3, -0.25) is 4.98 Å². The van der Waals surface area contributed by atoms with Gasteiger partial charge in [0, 0.05) is 12.4 Å². The fraction of sp³-hybridized carbons (Fsp3) is 0.615. The summed E-state index contributed by atoms with van der Waals surface area (Å²) in [5.74, 6) is 0.783. The van der Waals surface area contributed by atoms with Gasteiger partial charge in [0.2, 0.25) is 0 Å². The van der Waals surface area contributed by atoms with Crippen LogP contribution in [0.1, 0.15) is 46.1 Å². The van der Waals surface area contributed by atoms with Crippen molar-refractivity contribution in [2.24, 2.45) is 5.92 Å². The maximum Gasteiger partial charge on any atom is 0.0305 e. The summed E-state index contributed by atoms with van der Waals surface area (Å²) in [6.07, 6.45) is 6.31. The Morgan fingerprint density at radius 1 is 1.43 bits per heavy atom. The summed E-state index contributed by atoms with van der Waals surface area (Å²) in [5.41, 5.74) is 1.60. The van der Waals surface area contributed by atoms with Crippen LogP contribution in [0.2, 0.25) is 0 Å². The molecule has 0 radical (unpaired) electrons. The van der Waals surface area contributed by atoms with Crippen LogP contribution in [0.4, 0.5) is 0 Å². The topological polar surface area (TPSA) is 12.9 Å². The van der Waals surface area contributed by atoms with Gasteiger partial charge in [0.25, 0.3) is 0 Å². The van der Waals surface area contributed by atoms with Gasteiger partial charge in [-0.05, 0) is 29.4 Å². The van der Waals surface area contributed by atoms with Gasteiger partial charge in [-0.25, -0.2) is 0 Å². The van der Waals surface area contributed by atoms with Crippen LogP contribution in [-0.4, -0.2) is 4.98 Å². The zero-order valence-corrected chi connectivity index (χ0v) is 9.75. The van der Waals surface area contributed by atoms with Crippen LogP contribution in [0, 0.1) is 5.92 Å². The van der Waals surface area contributed by atoms with E-state index in [1.54, 1.807) is 0 Å². The third kappa shape index (κ3) is 2.83. The highest BCUT2D eigenvalue weighted by Gasteiger charge is 2.22. The Bertz CT molecular complexity index is 264. The van der Waals surface area contributed by atoms with E-state index in [1.807, 2.05) is 18.5 Å². The van der Waals surface area contributed by atoms with E-state index in [-0.39, 0.29) is 5.41 Å². The Morgan fingerprint density at radius 3 is 2.64 bits per heavy atom. The fourth-order valence-corrected chi connectivity index (χ4v) is 1.90. The molecule has 0 fully saturated rings. The minimum absolute atomic E-state index is 0.254. The van der Waals surface area contributed by atoms with Crippen LogP contribution >= 0.6 is 0 Å². The van der Waals surface area contributed by atoms with E-state index in [2.05, 4.69) is 38.7 Å². The van der Waals surface area contributed by atoms with Crippen LogP contribution in [0.15, 0.2) is 24.5 Å². The van der Waals surface area contributed by atoms with Gasteiger partial charge in [-0.1, -0.05) is 40.2 Å². The molecule has 1 heteroatoms. The quantitative estimate of drug-likeness (QED) is 0.705. The van der Waals surface area contributed by atoms with Crippen molar-refractivity contribution in [1.29, 1.82) is 0 Å². The monoisotopic (exact) mass is 191 g/mol. The summed E-state index contributed by atoms with van der Waals surface area (Å²) in [6.45, 7) is 9.18. The van der Waals surface area contributed by atoms with Gasteiger partial charge < -0.3 is 0 Å². The van der Waals surface area contributed by atoms with E-state index in [4.69, 9.17) is 0 Å². The van der Waals surface area contributed by atoms with Gasteiger partial charge >= 0.3 is 0 Å². The largest absolute Gasteiger partial charge is 0.264 e. The van der Waals surface area contributed by atoms with E-state index in [1.165, 1.54) is 18.4 Å². The standard InChI is InChI=1S/C13H21N/c1-5-11(2)9-13(3,4)12-7-6-8-14-10-12/h6-8,10-11H,5,9H2,1-4H3. The first-order valence-electron chi connectivity index (χ1n) is 5.46. The molecule has 0 aromatic carbocycles. The van der Waals surface area contributed by atoms with Crippen molar-refractivity contribution in [3.05, 3.63) is 30.1 Å². The molecule has 0 aliphatic heterocycles. The highest BCUT2D eigenvalue weighted by atomic mass is 14.6. The molecule has 1 atom stereocenters. The number of hydrogen-bond acceptors (Lipinski definition) is 1. The zero-order valence-electron chi connectivity index (χ0n) is 9.75. The normalized spacial score (nSPS) is 14.0. The van der Waals surface area contributed by atoms with E-state index in [0.29, 0.717) is 0 Å². The van der Waals surface area contributed by atoms with Crippen molar-refractivity contribution in [3.8, 4) is 0 Å². The highest BCUT2D eigenvalue weighted by molar-refractivity contribution is 5.19. The third-order valence-electron chi connectivity index (χ3n) is 3.00. The Hall–Kier alpha value is -0.850. The van der Waals surface area contributed by atoms with Gasteiger partial charge in [0.05, 0.1) is 0 Å². The SMILES string of the molecule is CCC(C)CC(C)(C)c1cccnc1. The van der Waals surface area contributed by atoms with Crippen LogP contribution in [-0.2, 0) is 5.41 Å². The summed E-state index contributed by atoms with van der Waals surface area (Å²) in [6, 6.07) is 4.20. The third-order valence-corrected chi connectivity index (χ3v) is 3.00. The van der Waals surface area contributed by atoms with Crippen molar-refractivity contribution in [3.63, 3.8) is 0 Å². The number of pyridine rings is 1. The second-order valence-corrected chi connectivity index (χ2v) is 4.84. The van der Waals surface area contributed by atoms with E-state index < -0.39 is 0 Å². The Kier molecular flexibility index (Phi) is 3.68. The average molecular weight is 191 g/mol. The number of hydrogen-bond donors (Lipinski definition) is 0. The van der Waals surface area contributed by atoms with Crippen LogP contribution in [0.3, 0.4) is 0 Å². The molecule has 0 saturated carbocycles. The van der Waals surface area contributed by atoms with Gasteiger partial charge in [0.15, 0.2) is 0 Å². The van der Waals surface area contributed by atoms with Crippen molar-refractivity contribution >= 4 is 0 Å². The molecular formula is C13H21N. The first-order valence-corrected chi connectivity index (χ1v) is 5.46. The van der Waals surface area contributed by atoms with Crippen molar-refractivity contribution in [2.45, 2.75) is 46.0 Å². The molecule has 1 nitrogen and oxygen atoms in total. The Morgan fingerprint density at radius 2 is 2.14 bits per heavy atom. The van der Waals surface area contributed by atoms with Gasteiger partial charge in [0.1, 0.15) is 0 Å². The lowest BCUT2D eigenvalue weighted by atomic mass is 9.77. The van der Waals surface area contributed by atoms with Crippen molar-refractivity contribution in [1.82, 2.24) is 4.98 Å². The highest BCUT2D eigenvalue weighted by Crippen LogP contribution is 2.30. The molecule has 1 aromatic rings. The minimum Gasteiger partial charge on any atom is -0.264 e. The Balaban J connectivity index is 2.75. The Labute approximate surface area is 87.6 Å². The number of nitrogens with zero attached hydrogens (tertiary/aromatic N) is 1. The second-order valence-electron chi connectivity index (χ2n) is 4.84. The van der Waals surface area contributed by atoms with Crippen LogP contribution in [0.5, 0.6) is 0 Å². The number of aromatic nitrogens is 1. The summed E-state index contributed by atoms with van der Waals surface area (Å²) in [7, 11) is 0. The fourth-order valence-electron chi connectivity index (χ4n) is 1.90. The molecule has 0 saturated heterocycles. The zero-order chi connectivity index (χ0) is 10.6. The first kappa shape index (κ1) is 11.2. The van der Waals surface area contributed by atoms with Crippen LogP contribution in [0.25, 0.3) is 0 Å². The summed E-state index contributed by atoms with van der Waals surface area (Å²) >= 11 is 0. The molecule has 0 aliphatic carbocycles. The second kappa shape index (κ2) is 4.59. The molecule has 0 spiro atoms. The molecule has 1 rings (SSSR count). The molecule has 78 valence electrons. The van der Waals surface area contributed by atoms with E-state index >= 15 is 0 Å². The average Bonchev–Trinajstić information content (AvgIpc) is 2.18. The van der Waals surface area contributed by atoms with Gasteiger partial charge in [-0.2, -0.15) is 0 Å². The summed E-state index contributed by atoms with van der Waals surface area (Å²) in [5, 5.41) is 0. The lowest BCUT2D eigenvalue weighted by molar-refractivity contribution is 0.371. The molecule has 1 aromatic heterocycles. The number of rotatable bonds is 4. The molecule has 0 N–H and O–H groups in total. The molecule has 0 bridgehead atoms.